The van der Waals surface area contributed by atoms with Crippen molar-refractivity contribution in [2.24, 2.45) is 0 Å². The molecular weight excluding hydrogens is 516 g/mol. The summed E-state index contributed by atoms with van der Waals surface area (Å²) < 4.78 is 6.62. The van der Waals surface area contributed by atoms with E-state index in [0.717, 1.165) is 20.5 Å². The molecule has 0 unspecified atom stereocenters. The summed E-state index contributed by atoms with van der Waals surface area (Å²) in [7, 11) is 0. The lowest BCUT2D eigenvalue weighted by Gasteiger charge is -2.24. The molecule has 1 aliphatic heterocycles. The average molecular weight is 537 g/mol. The number of carbonyl (C=O) groups excluding carboxylic acids is 3. The zero-order chi connectivity index (χ0) is 24.4. The molecule has 0 aliphatic carbocycles. The number of ether oxygens (including phenoxy) is 1. The van der Waals surface area contributed by atoms with Gasteiger partial charge in [0.15, 0.2) is 0 Å². The van der Waals surface area contributed by atoms with E-state index in [2.05, 4.69) is 15.9 Å². The van der Waals surface area contributed by atoms with Gasteiger partial charge in [0.2, 0.25) is 0 Å². The van der Waals surface area contributed by atoms with E-state index in [1.54, 1.807) is 48.5 Å². The quantitative estimate of drug-likeness (QED) is 0.326. The number of imide groups is 1. The minimum atomic E-state index is -0.369. The van der Waals surface area contributed by atoms with Crippen molar-refractivity contribution in [3.8, 4) is 0 Å². The Labute approximate surface area is 211 Å². The van der Waals surface area contributed by atoms with E-state index in [-0.39, 0.29) is 36.0 Å². The van der Waals surface area contributed by atoms with Gasteiger partial charge in [0.25, 0.3) is 22.9 Å². The predicted octanol–water partition coefficient (Wildman–Crippen LogP) is 5.31. The summed E-state index contributed by atoms with van der Waals surface area (Å²) >= 11 is 8.93. The second-order valence-electron chi connectivity index (χ2n) is 7.86. The summed E-state index contributed by atoms with van der Waals surface area (Å²) in [5.74, 6) is -1.08. The zero-order valence-electron chi connectivity index (χ0n) is 18.6. The van der Waals surface area contributed by atoms with Gasteiger partial charge in [-0.15, -0.1) is 0 Å². The standard InChI is InChI=1S/C26H21BrN2O4S/c1-16-7-10-19(11-8-16)29(23(30)18-9-12-22(27)17(2)15-18)26(34)33-14-13-28-24(31)20-5-3-4-6-21(20)25(28)32/h3-12,15H,13-14H2,1-2H3. The monoisotopic (exact) mass is 536 g/mol. The SMILES string of the molecule is Cc1ccc(N(C(=O)c2ccc(Br)c(C)c2)C(=S)OCCN2C(=O)c3ccccc3C2=O)cc1. The third kappa shape index (κ3) is 4.64. The van der Waals surface area contributed by atoms with Gasteiger partial charge in [-0.2, -0.15) is 0 Å². The third-order valence-corrected chi connectivity index (χ3v) is 6.69. The molecule has 0 spiro atoms. The lowest BCUT2D eigenvalue weighted by atomic mass is 10.1. The minimum absolute atomic E-state index is 0.0137. The van der Waals surface area contributed by atoms with Crippen LogP contribution in [0.4, 0.5) is 5.69 Å². The molecular formula is C26H21BrN2O4S. The fourth-order valence-corrected chi connectivity index (χ4v) is 4.16. The highest BCUT2D eigenvalue weighted by Gasteiger charge is 2.35. The molecule has 0 N–H and O–H groups in total. The van der Waals surface area contributed by atoms with E-state index >= 15 is 0 Å². The first-order chi connectivity index (χ1) is 16.3. The first kappa shape index (κ1) is 23.8. The fourth-order valence-electron chi connectivity index (χ4n) is 3.64. The van der Waals surface area contributed by atoms with Crippen LogP contribution in [0.25, 0.3) is 0 Å². The van der Waals surface area contributed by atoms with Crippen molar-refractivity contribution in [3.05, 3.63) is 99.0 Å². The molecule has 0 aromatic heterocycles. The molecule has 3 aromatic rings. The van der Waals surface area contributed by atoms with Crippen molar-refractivity contribution in [2.75, 3.05) is 18.1 Å². The number of hydrogen-bond donors (Lipinski definition) is 0. The molecule has 0 saturated heterocycles. The number of halogens is 1. The maximum absolute atomic E-state index is 13.4. The van der Waals surface area contributed by atoms with E-state index in [0.29, 0.717) is 22.4 Å². The normalized spacial score (nSPS) is 12.5. The number of benzene rings is 3. The van der Waals surface area contributed by atoms with Crippen molar-refractivity contribution < 1.29 is 19.1 Å². The number of carbonyl (C=O) groups is 3. The van der Waals surface area contributed by atoms with Crippen LogP contribution in [-0.2, 0) is 4.74 Å². The molecule has 172 valence electrons. The smallest absolute Gasteiger partial charge is 0.271 e. The number of amides is 3. The highest BCUT2D eigenvalue weighted by molar-refractivity contribution is 9.10. The van der Waals surface area contributed by atoms with Crippen LogP contribution in [0.3, 0.4) is 0 Å². The third-order valence-electron chi connectivity index (χ3n) is 5.50. The Kier molecular flexibility index (Phi) is 6.90. The van der Waals surface area contributed by atoms with Gasteiger partial charge in [-0.1, -0.05) is 45.8 Å². The van der Waals surface area contributed by atoms with Gasteiger partial charge in [0, 0.05) is 10.0 Å². The van der Waals surface area contributed by atoms with Gasteiger partial charge < -0.3 is 4.74 Å². The van der Waals surface area contributed by atoms with Crippen LogP contribution < -0.4 is 4.90 Å². The molecule has 3 amide bonds. The predicted molar refractivity (Wildman–Crippen MR) is 137 cm³/mol. The van der Waals surface area contributed by atoms with Crippen LogP contribution in [-0.4, -0.2) is 40.9 Å². The maximum atomic E-state index is 13.4. The molecule has 8 heteroatoms. The zero-order valence-corrected chi connectivity index (χ0v) is 21.0. The lowest BCUT2D eigenvalue weighted by molar-refractivity contribution is 0.0627. The molecule has 0 bridgehead atoms. The molecule has 0 saturated carbocycles. The molecule has 1 heterocycles. The first-order valence-electron chi connectivity index (χ1n) is 10.6. The van der Waals surface area contributed by atoms with Crippen molar-refractivity contribution in [1.29, 1.82) is 0 Å². The number of nitrogens with zero attached hydrogens (tertiary/aromatic N) is 2. The molecule has 0 atom stereocenters. The van der Waals surface area contributed by atoms with E-state index in [1.807, 2.05) is 32.0 Å². The summed E-state index contributed by atoms with van der Waals surface area (Å²) in [5, 5.41) is -0.0639. The Hall–Kier alpha value is -3.36. The van der Waals surface area contributed by atoms with Crippen molar-refractivity contribution in [1.82, 2.24) is 4.90 Å². The van der Waals surface area contributed by atoms with Gasteiger partial charge in [-0.05, 0) is 74.1 Å². The largest absolute Gasteiger partial charge is 0.468 e. The molecule has 3 aromatic carbocycles. The van der Waals surface area contributed by atoms with Crippen molar-refractivity contribution in [2.45, 2.75) is 13.8 Å². The Morgan fingerprint density at radius 3 is 2.18 bits per heavy atom. The fraction of sp³-hybridized carbons (Fsp3) is 0.154. The van der Waals surface area contributed by atoms with Gasteiger partial charge in [-0.25, -0.2) is 4.90 Å². The van der Waals surface area contributed by atoms with Crippen LogP contribution in [0.15, 0.2) is 71.2 Å². The Balaban J connectivity index is 1.51. The van der Waals surface area contributed by atoms with E-state index < -0.39 is 0 Å². The number of fused-ring (bicyclic) bond motifs is 1. The Bertz CT molecular complexity index is 1270. The average Bonchev–Trinajstić information content (AvgIpc) is 3.07. The van der Waals surface area contributed by atoms with Crippen molar-refractivity contribution >= 4 is 56.7 Å². The number of rotatable bonds is 5. The van der Waals surface area contributed by atoms with Gasteiger partial charge in [0.1, 0.15) is 6.61 Å². The highest BCUT2D eigenvalue weighted by atomic mass is 79.9. The van der Waals surface area contributed by atoms with Gasteiger partial charge in [0.05, 0.1) is 23.4 Å². The number of thiocarbonyl (C=S) groups is 1. The second-order valence-corrected chi connectivity index (χ2v) is 9.07. The van der Waals surface area contributed by atoms with Crippen LogP contribution in [0.2, 0.25) is 0 Å². The molecule has 0 radical (unpaired) electrons. The van der Waals surface area contributed by atoms with E-state index in [9.17, 15) is 14.4 Å². The van der Waals surface area contributed by atoms with Crippen LogP contribution >= 0.6 is 28.1 Å². The summed E-state index contributed by atoms with van der Waals surface area (Å²) in [6, 6.07) is 19.3. The number of anilines is 1. The molecule has 0 fully saturated rings. The molecule has 1 aliphatic rings. The summed E-state index contributed by atoms with van der Waals surface area (Å²) in [4.78, 5) is 41.0. The minimum Gasteiger partial charge on any atom is -0.468 e. The van der Waals surface area contributed by atoms with Gasteiger partial charge >= 0.3 is 0 Å². The van der Waals surface area contributed by atoms with Crippen LogP contribution in [0, 0.1) is 13.8 Å². The van der Waals surface area contributed by atoms with E-state index in [4.69, 9.17) is 17.0 Å². The Morgan fingerprint density at radius 1 is 0.971 bits per heavy atom. The molecule has 6 nitrogen and oxygen atoms in total. The summed E-state index contributed by atoms with van der Waals surface area (Å²) in [6.07, 6.45) is 0. The van der Waals surface area contributed by atoms with Crippen molar-refractivity contribution in [3.63, 3.8) is 0 Å². The van der Waals surface area contributed by atoms with Gasteiger partial charge in [-0.3, -0.25) is 19.3 Å². The number of aryl methyl sites for hydroxylation is 2. The van der Waals surface area contributed by atoms with Crippen LogP contribution in [0.5, 0.6) is 0 Å². The number of hydrogen-bond acceptors (Lipinski definition) is 5. The van der Waals surface area contributed by atoms with E-state index in [1.165, 1.54) is 4.90 Å². The van der Waals surface area contributed by atoms with Crippen LogP contribution in [0.1, 0.15) is 42.2 Å². The Morgan fingerprint density at radius 2 is 1.59 bits per heavy atom. The second kappa shape index (κ2) is 9.87. The first-order valence-corrected chi connectivity index (χ1v) is 11.8. The lowest BCUT2D eigenvalue weighted by Crippen LogP contribution is -2.39. The summed E-state index contributed by atoms with van der Waals surface area (Å²) in [5.41, 5.74) is 3.70. The molecule has 34 heavy (non-hydrogen) atoms. The highest BCUT2D eigenvalue weighted by Crippen LogP contribution is 2.24. The summed E-state index contributed by atoms with van der Waals surface area (Å²) in [6.45, 7) is 3.82. The maximum Gasteiger partial charge on any atom is 0.271 e. The molecule has 4 rings (SSSR count). The topological polar surface area (TPSA) is 66.9 Å².